The van der Waals surface area contributed by atoms with E-state index < -0.39 is 0 Å². The van der Waals surface area contributed by atoms with Crippen LogP contribution in [0.4, 0.5) is 5.95 Å². The molecule has 7 heteroatoms. The van der Waals surface area contributed by atoms with E-state index in [-0.39, 0.29) is 16.3 Å². The van der Waals surface area contributed by atoms with Gasteiger partial charge in [-0.15, -0.1) is 0 Å². The number of amides is 1. The fraction of sp³-hybridized carbons (Fsp3) is 0.348. The number of halogens is 1. The maximum Gasteiger partial charge on any atom is 0.223 e. The Hall–Kier alpha value is -2.67. The molecule has 156 valence electrons. The molecular formula is C23H26BrN5O. The lowest BCUT2D eigenvalue weighted by atomic mass is 9.92. The number of imidazole rings is 2. The Kier molecular flexibility index (Phi) is 5.40. The van der Waals surface area contributed by atoms with Crippen molar-refractivity contribution in [3.8, 4) is 11.3 Å². The molecule has 1 N–H and O–H groups in total. The number of hydrogen-bond acceptors (Lipinski definition) is 3. The van der Waals surface area contributed by atoms with Crippen LogP contribution in [-0.2, 0) is 16.9 Å². The van der Waals surface area contributed by atoms with E-state index in [1.54, 1.807) is 0 Å². The van der Waals surface area contributed by atoms with E-state index in [1.807, 2.05) is 18.6 Å². The molecule has 30 heavy (non-hydrogen) atoms. The molecule has 0 bridgehead atoms. The Balaban J connectivity index is 1.84. The van der Waals surface area contributed by atoms with Gasteiger partial charge in [0, 0.05) is 19.0 Å². The molecule has 0 fully saturated rings. The topological polar surface area (TPSA) is 64.7 Å². The lowest BCUT2D eigenvalue weighted by Gasteiger charge is -2.34. The molecule has 0 saturated heterocycles. The first-order chi connectivity index (χ1) is 14.3. The number of nitrogens with one attached hydrogen (secondary N) is 1. The predicted octanol–water partition coefficient (Wildman–Crippen LogP) is 5.12. The molecule has 3 aromatic rings. The third-order valence-electron chi connectivity index (χ3n) is 5.42. The Morgan fingerprint density at radius 1 is 1.33 bits per heavy atom. The average molecular weight is 468 g/mol. The number of hydrogen-bond donors (Lipinski definition) is 1. The van der Waals surface area contributed by atoms with E-state index in [1.165, 1.54) is 6.92 Å². The van der Waals surface area contributed by atoms with Crippen LogP contribution in [0.3, 0.4) is 0 Å². The van der Waals surface area contributed by atoms with Gasteiger partial charge in [-0.25, -0.2) is 9.97 Å². The van der Waals surface area contributed by atoms with E-state index in [4.69, 9.17) is 0 Å². The molecule has 2 aromatic heterocycles. The number of fused-ring (bicyclic) bond motifs is 1. The summed E-state index contributed by atoms with van der Waals surface area (Å²) in [6.07, 6.45) is 12.2. The van der Waals surface area contributed by atoms with E-state index >= 15 is 0 Å². The van der Waals surface area contributed by atoms with Crippen LogP contribution in [0.25, 0.3) is 22.3 Å². The summed E-state index contributed by atoms with van der Waals surface area (Å²) in [4.78, 5) is 20.9. The molecule has 0 aliphatic heterocycles. The smallest absolute Gasteiger partial charge is 0.223 e. The first-order valence-corrected chi connectivity index (χ1v) is 11.0. The third-order valence-corrected chi connectivity index (χ3v) is 6.65. The highest BCUT2D eigenvalue weighted by molar-refractivity contribution is 9.09. The minimum absolute atomic E-state index is 0.123. The third kappa shape index (κ3) is 3.62. The predicted molar refractivity (Wildman–Crippen MR) is 125 cm³/mol. The minimum Gasteiger partial charge on any atom is -0.320 e. The first kappa shape index (κ1) is 20.6. The van der Waals surface area contributed by atoms with Gasteiger partial charge >= 0.3 is 0 Å². The highest BCUT2D eigenvalue weighted by Crippen LogP contribution is 2.36. The molecule has 1 aliphatic carbocycles. The second-order valence-electron chi connectivity index (χ2n) is 8.35. The normalized spacial score (nSPS) is 20.9. The van der Waals surface area contributed by atoms with Gasteiger partial charge in [0.2, 0.25) is 11.9 Å². The van der Waals surface area contributed by atoms with Crippen LogP contribution in [0.2, 0.25) is 0 Å². The molecule has 1 aromatic carbocycles. The summed E-state index contributed by atoms with van der Waals surface area (Å²) in [5.74, 6) is 0.878. The maximum atomic E-state index is 11.7. The minimum atomic E-state index is -0.269. The quantitative estimate of drug-likeness (QED) is 0.529. The van der Waals surface area contributed by atoms with Gasteiger partial charge in [0.05, 0.1) is 39.6 Å². The number of anilines is 1. The summed E-state index contributed by atoms with van der Waals surface area (Å²) in [6, 6.07) is 6.21. The molecular weight excluding hydrogens is 442 g/mol. The molecule has 0 radical (unpaired) electrons. The van der Waals surface area contributed by atoms with Crippen molar-refractivity contribution in [3.63, 3.8) is 0 Å². The molecule has 2 atom stereocenters. The van der Waals surface area contributed by atoms with Gasteiger partial charge in [-0.1, -0.05) is 60.1 Å². The largest absolute Gasteiger partial charge is 0.320 e. The number of benzene rings is 1. The van der Waals surface area contributed by atoms with Crippen LogP contribution in [0.15, 0.2) is 55.0 Å². The van der Waals surface area contributed by atoms with Crippen LogP contribution in [0.1, 0.15) is 27.7 Å². The number of allylic oxidation sites excluding steroid dienone is 4. The van der Waals surface area contributed by atoms with Gasteiger partial charge in [-0.2, -0.15) is 0 Å². The second-order valence-corrected chi connectivity index (χ2v) is 9.33. The van der Waals surface area contributed by atoms with Crippen molar-refractivity contribution in [2.45, 2.75) is 44.6 Å². The van der Waals surface area contributed by atoms with Crippen LogP contribution in [0.5, 0.6) is 0 Å². The van der Waals surface area contributed by atoms with Crippen molar-refractivity contribution in [2.24, 2.45) is 5.92 Å². The van der Waals surface area contributed by atoms with Crippen LogP contribution in [0, 0.1) is 5.92 Å². The zero-order valence-corrected chi connectivity index (χ0v) is 19.2. The van der Waals surface area contributed by atoms with Gasteiger partial charge in [-0.3, -0.25) is 10.1 Å². The van der Waals surface area contributed by atoms with E-state index in [0.717, 1.165) is 28.8 Å². The van der Waals surface area contributed by atoms with Crippen molar-refractivity contribution in [1.29, 1.82) is 0 Å². The maximum absolute atomic E-state index is 11.7. The van der Waals surface area contributed by atoms with Crippen LogP contribution in [-0.4, -0.2) is 29.8 Å². The van der Waals surface area contributed by atoms with E-state index in [0.29, 0.717) is 11.9 Å². The Labute approximate surface area is 184 Å². The lowest BCUT2D eigenvalue weighted by Crippen LogP contribution is -2.37. The summed E-state index contributed by atoms with van der Waals surface area (Å²) in [6.45, 7) is 8.77. The van der Waals surface area contributed by atoms with E-state index in [2.05, 4.69) is 97.6 Å². The summed E-state index contributed by atoms with van der Waals surface area (Å²) < 4.78 is 4.29. The molecule has 2 unspecified atom stereocenters. The van der Waals surface area contributed by atoms with Crippen molar-refractivity contribution in [3.05, 3.63) is 55.0 Å². The molecule has 4 rings (SSSR count). The van der Waals surface area contributed by atoms with Gasteiger partial charge < -0.3 is 9.13 Å². The fourth-order valence-corrected chi connectivity index (χ4v) is 4.44. The monoisotopic (exact) mass is 467 g/mol. The number of rotatable bonds is 5. The van der Waals surface area contributed by atoms with Gasteiger partial charge in [0.25, 0.3) is 0 Å². The summed E-state index contributed by atoms with van der Waals surface area (Å²) >= 11 is 3.80. The number of carbonyl (C=O) groups is 1. The summed E-state index contributed by atoms with van der Waals surface area (Å²) in [7, 11) is 0. The van der Waals surface area contributed by atoms with Gasteiger partial charge in [0.1, 0.15) is 0 Å². The average Bonchev–Trinajstić information content (AvgIpc) is 3.29. The summed E-state index contributed by atoms with van der Waals surface area (Å²) in [5.41, 5.74) is 3.68. The molecule has 1 amide bonds. The first-order valence-electron chi connectivity index (χ1n) is 10.1. The van der Waals surface area contributed by atoms with Crippen molar-refractivity contribution >= 4 is 38.8 Å². The molecule has 1 aliphatic rings. The van der Waals surface area contributed by atoms with Crippen molar-refractivity contribution < 1.29 is 4.79 Å². The van der Waals surface area contributed by atoms with Crippen molar-refractivity contribution in [1.82, 2.24) is 19.1 Å². The lowest BCUT2D eigenvalue weighted by molar-refractivity contribution is -0.114. The Bertz CT molecular complexity index is 1160. The molecule has 0 spiro atoms. The fourth-order valence-electron chi connectivity index (χ4n) is 3.89. The second kappa shape index (κ2) is 7.87. The molecule has 0 saturated carbocycles. The SMILES string of the molecule is CC(=O)Nc1nc2ccc(-c3cncn3C3(C)C=CC=CC3Br)cc2n1CC(C)C. The summed E-state index contributed by atoms with van der Waals surface area (Å²) in [5, 5.41) is 2.87. The van der Waals surface area contributed by atoms with Crippen LogP contribution >= 0.6 is 15.9 Å². The zero-order chi connectivity index (χ0) is 21.5. The van der Waals surface area contributed by atoms with Gasteiger partial charge in [0.15, 0.2) is 0 Å². The highest BCUT2D eigenvalue weighted by Gasteiger charge is 2.33. The standard InChI is InChI=1S/C23H26BrN5O/c1-15(2)13-28-19-11-17(8-9-18(19)27-22(28)26-16(3)30)20-12-25-14-29(20)23(4)10-6-5-7-21(23)24/h5-12,14-15,21H,13H2,1-4H3,(H,26,27,30). The van der Waals surface area contributed by atoms with E-state index in [9.17, 15) is 4.79 Å². The molecule has 2 heterocycles. The molecule has 6 nitrogen and oxygen atoms in total. The number of nitrogens with zero attached hydrogens (tertiary/aromatic N) is 4. The Morgan fingerprint density at radius 3 is 2.83 bits per heavy atom. The highest BCUT2D eigenvalue weighted by atomic mass is 79.9. The van der Waals surface area contributed by atoms with Gasteiger partial charge in [-0.05, 0) is 25.0 Å². The Morgan fingerprint density at radius 2 is 2.13 bits per heavy atom. The number of carbonyl (C=O) groups excluding carboxylic acids is 1. The van der Waals surface area contributed by atoms with Crippen LogP contribution < -0.4 is 5.32 Å². The number of aromatic nitrogens is 4. The zero-order valence-electron chi connectivity index (χ0n) is 17.6. The number of alkyl halides is 1. The van der Waals surface area contributed by atoms with Crippen molar-refractivity contribution in [2.75, 3.05) is 5.32 Å².